The van der Waals surface area contributed by atoms with Gasteiger partial charge in [-0.05, 0) is 70.1 Å². The van der Waals surface area contributed by atoms with Gasteiger partial charge in [-0.3, -0.25) is 4.57 Å². The van der Waals surface area contributed by atoms with Gasteiger partial charge in [0.2, 0.25) is 0 Å². The number of fused-ring (bicyclic) bond motifs is 6. The first-order chi connectivity index (χ1) is 26.8. The smallest absolute Gasteiger partial charge is 0.141 e. The Morgan fingerprint density at radius 1 is 0.600 bits per heavy atom. The molecule has 0 fully saturated rings. The lowest BCUT2D eigenvalue weighted by Crippen LogP contribution is -2.24. The number of para-hydroxylation sites is 1. The molecule has 1 aliphatic heterocycles. The number of benzene rings is 6. The van der Waals surface area contributed by atoms with E-state index in [0.29, 0.717) is 0 Å². The number of nitrogens with zero attached hydrogens (tertiary/aromatic N) is 4. The van der Waals surface area contributed by atoms with Gasteiger partial charge < -0.3 is 19.0 Å². The van der Waals surface area contributed by atoms with Crippen molar-refractivity contribution in [3.8, 4) is 28.4 Å². The maximum absolute atomic E-state index is 6.87. The van der Waals surface area contributed by atoms with Crippen LogP contribution in [-0.2, 0) is 5.41 Å². The Labute approximate surface area is 320 Å². The molecule has 0 radical (unpaired) electrons. The van der Waals surface area contributed by atoms with Crippen molar-refractivity contribution in [1.29, 1.82) is 0 Å². The molecule has 268 valence electrons. The molecule has 55 heavy (non-hydrogen) atoms. The fourth-order valence-electron chi connectivity index (χ4n) is 7.90. The second-order valence-corrected chi connectivity index (χ2v) is 15.5. The molecule has 0 N–H and O–H groups in total. The molecule has 3 aromatic heterocycles. The molecule has 0 spiro atoms. The predicted molar refractivity (Wildman–Crippen MR) is 226 cm³/mol. The summed E-state index contributed by atoms with van der Waals surface area (Å²) in [5.74, 6) is 2.32. The topological polar surface area (TPSA) is 46.7 Å². The maximum Gasteiger partial charge on any atom is 0.141 e. The van der Waals surface area contributed by atoms with Gasteiger partial charge in [-0.15, -0.1) is 0 Å². The molecular weight excluding hydrogens is 677 g/mol. The third kappa shape index (κ3) is 5.78. The lowest BCUT2D eigenvalue weighted by molar-refractivity contribution is 0.477. The van der Waals surface area contributed by atoms with Crippen LogP contribution in [0.3, 0.4) is 0 Å². The average molecular weight is 717 g/mol. The quantitative estimate of drug-likeness (QED) is 0.171. The van der Waals surface area contributed by atoms with Crippen LogP contribution in [0.25, 0.3) is 66.4 Å². The molecule has 0 aliphatic carbocycles. The average Bonchev–Trinajstić information content (AvgIpc) is 3.88. The second kappa shape index (κ2) is 12.7. The van der Waals surface area contributed by atoms with Crippen LogP contribution in [0, 0.1) is 0 Å². The van der Waals surface area contributed by atoms with Gasteiger partial charge >= 0.3 is 0 Å². The Kier molecular flexibility index (Phi) is 7.56. The van der Waals surface area contributed by atoms with Crippen LogP contribution in [-0.4, -0.2) is 28.2 Å². The predicted octanol–water partition coefficient (Wildman–Crippen LogP) is 12.5. The van der Waals surface area contributed by atoms with Gasteiger partial charge in [0, 0.05) is 64.9 Å². The van der Waals surface area contributed by atoms with E-state index < -0.39 is 0 Å². The van der Waals surface area contributed by atoms with E-state index in [2.05, 4.69) is 176 Å². The number of hydrogen-bond acceptors (Lipinski definition) is 5. The Morgan fingerprint density at radius 3 is 2.16 bits per heavy atom. The summed E-state index contributed by atoms with van der Waals surface area (Å²) in [5, 5.41) is 4.32. The zero-order valence-corrected chi connectivity index (χ0v) is 31.3. The van der Waals surface area contributed by atoms with Gasteiger partial charge in [-0.25, -0.2) is 4.98 Å². The van der Waals surface area contributed by atoms with E-state index in [1.807, 2.05) is 24.4 Å². The number of ether oxygens (including phenoxy) is 1. The molecule has 10 rings (SSSR count). The monoisotopic (exact) mass is 716 g/mol. The molecule has 9 aromatic rings. The molecule has 4 heterocycles. The summed E-state index contributed by atoms with van der Waals surface area (Å²) in [4.78, 5) is 9.63. The van der Waals surface area contributed by atoms with E-state index in [1.54, 1.807) is 0 Å². The number of hydrogen-bond donors (Lipinski definition) is 0. The van der Waals surface area contributed by atoms with Crippen molar-refractivity contribution in [1.82, 2.24) is 14.5 Å². The van der Waals surface area contributed by atoms with Crippen molar-refractivity contribution in [2.75, 3.05) is 18.6 Å². The number of pyridine rings is 1. The minimum absolute atomic E-state index is 0.0931. The number of anilines is 1. The molecule has 6 nitrogen and oxygen atoms in total. The van der Waals surface area contributed by atoms with E-state index in [9.17, 15) is 0 Å². The van der Waals surface area contributed by atoms with Crippen molar-refractivity contribution < 1.29 is 9.15 Å². The Morgan fingerprint density at radius 2 is 1.36 bits per heavy atom. The van der Waals surface area contributed by atoms with Crippen LogP contribution < -0.4 is 9.64 Å². The summed E-state index contributed by atoms with van der Waals surface area (Å²) in [6.45, 7) is 7.50. The van der Waals surface area contributed by atoms with Crippen molar-refractivity contribution in [3.63, 3.8) is 0 Å². The highest BCUT2D eigenvalue weighted by atomic mass is 16.5. The van der Waals surface area contributed by atoms with E-state index in [-0.39, 0.29) is 5.41 Å². The molecule has 0 atom stereocenters. The van der Waals surface area contributed by atoms with E-state index in [4.69, 9.17) is 14.1 Å². The van der Waals surface area contributed by atoms with Crippen LogP contribution >= 0.6 is 0 Å². The zero-order valence-electron chi connectivity index (χ0n) is 31.3. The molecule has 1 aliphatic rings. The van der Waals surface area contributed by atoms with E-state index in [0.717, 1.165) is 84.7 Å². The van der Waals surface area contributed by atoms with E-state index in [1.165, 1.54) is 16.7 Å². The highest BCUT2D eigenvalue weighted by Crippen LogP contribution is 2.41. The SMILES string of the molecule is CN1C=C(c2ccccc2)N(c2cc(Oc3ccc4c5cc(-c6ccccc6)ccc5n(-c5cc6oc7ccccc7c6cn5)c4c3)cc(C(C)(C)C)c2)C1. The molecule has 0 unspecified atom stereocenters. The molecule has 0 saturated heterocycles. The Hall–Kier alpha value is -6.79. The Balaban J connectivity index is 1.12. The summed E-state index contributed by atoms with van der Waals surface area (Å²) in [6.07, 6.45) is 4.15. The summed E-state index contributed by atoms with van der Waals surface area (Å²) in [5.41, 5.74) is 10.6. The van der Waals surface area contributed by atoms with Crippen molar-refractivity contribution in [3.05, 3.63) is 169 Å². The molecule has 0 bridgehead atoms. The summed E-state index contributed by atoms with van der Waals surface area (Å²) in [7, 11) is 2.12. The van der Waals surface area contributed by atoms with Crippen LogP contribution in [0.1, 0.15) is 31.9 Å². The number of aromatic nitrogens is 2. The molecule has 0 amide bonds. The largest absolute Gasteiger partial charge is 0.457 e. The summed E-state index contributed by atoms with van der Waals surface area (Å²) in [6, 6.07) is 51.0. The lowest BCUT2D eigenvalue weighted by Gasteiger charge is -2.27. The van der Waals surface area contributed by atoms with Crippen LogP contribution in [0.5, 0.6) is 11.5 Å². The van der Waals surface area contributed by atoms with Gasteiger partial charge in [-0.2, -0.15) is 0 Å². The molecule has 6 aromatic carbocycles. The van der Waals surface area contributed by atoms with Gasteiger partial charge in [-0.1, -0.05) is 106 Å². The first-order valence-corrected chi connectivity index (χ1v) is 18.8. The van der Waals surface area contributed by atoms with Gasteiger partial charge in [0.15, 0.2) is 0 Å². The number of rotatable bonds is 6. The third-order valence-electron chi connectivity index (χ3n) is 10.7. The molecule has 0 saturated carbocycles. The fraction of sp³-hybridized carbons (Fsp3) is 0.122. The van der Waals surface area contributed by atoms with Gasteiger partial charge in [0.05, 0.1) is 23.4 Å². The second-order valence-electron chi connectivity index (χ2n) is 15.5. The Bertz CT molecular complexity index is 2930. The first kappa shape index (κ1) is 32.8. The summed E-state index contributed by atoms with van der Waals surface area (Å²) < 4.78 is 15.4. The fourth-order valence-corrected chi connectivity index (χ4v) is 7.90. The molecular formula is C49H40N4O2. The highest BCUT2D eigenvalue weighted by Gasteiger charge is 2.25. The zero-order chi connectivity index (χ0) is 37.3. The standard InChI is InChI=1S/C49H40N4O2/c1-49(2,3)35-24-36(52-31-51(4)30-45(52)33-15-9-6-10-16-33)26-38(25-35)54-37-20-21-39-41-23-34(32-13-7-5-8-14-32)19-22-43(41)53(44(39)27-37)48-28-47-42(29-50-48)40-17-11-12-18-46(40)55-47/h5-30H,31H2,1-4H3. The molecule has 6 heteroatoms. The van der Waals surface area contributed by atoms with Crippen molar-refractivity contribution in [2.45, 2.75) is 26.2 Å². The van der Waals surface area contributed by atoms with Crippen LogP contribution in [0.2, 0.25) is 0 Å². The lowest BCUT2D eigenvalue weighted by atomic mass is 9.86. The van der Waals surface area contributed by atoms with E-state index >= 15 is 0 Å². The highest BCUT2D eigenvalue weighted by molar-refractivity contribution is 6.11. The minimum atomic E-state index is -0.0931. The van der Waals surface area contributed by atoms with Crippen LogP contribution in [0.15, 0.2) is 162 Å². The van der Waals surface area contributed by atoms with Crippen LogP contribution in [0.4, 0.5) is 5.69 Å². The first-order valence-electron chi connectivity index (χ1n) is 18.8. The van der Waals surface area contributed by atoms with Crippen molar-refractivity contribution >= 4 is 55.1 Å². The third-order valence-corrected chi connectivity index (χ3v) is 10.7. The normalized spacial score (nSPS) is 13.4. The summed E-state index contributed by atoms with van der Waals surface area (Å²) >= 11 is 0. The van der Waals surface area contributed by atoms with Gasteiger partial charge in [0.1, 0.15) is 28.5 Å². The van der Waals surface area contributed by atoms with Crippen molar-refractivity contribution in [2.24, 2.45) is 0 Å². The van der Waals surface area contributed by atoms with Gasteiger partial charge in [0.25, 0.3) is 0 Å². The number of furan rings is 1. The maximum atomic E-state index is 6.87. The minimum Gasteiger partial charge on any atom is -0.457 e.